The zero-order valence-corrected chi connectivity index (χ0v) is 19.3. The molecule has 7 nitrogen and oxygen atoms in total. The molecule has 2 aromatic carbocycles. The van der Waals surface area contributed by atoms with E-state index >= 15 is 0 Å². The Hall–Kier alpha value is -3.06. The van der Waals surface area contributed by atoms with Crippen molar-refractivity contribution in [3.8, 4) is 17.2 Å². The van der Waals surface area contributed by atoms with Gasteiger partial charge in [0.15, 0.2) is 18.1 Å². The van der Waals surface area contributed by atoms with E-state index in [0.717, 1.165) is 49.8 Å². The minimum Gasteiger partial charge on any atom is -0.493 e. The fourth-order valence-corrected chi connectivity index (χ4v) is 4.28. The maximum absolute atomic E-state index is 13.1. The number of methoxy groups -OCH3 is 2. The number of carbonyl (C=O) groups is 2. The Morgan fingerprint density at radius 3 is 2.61 bits per heavy atom. The van der Waals surface area contributed by atoms with E-state index in [0.29, 0.717) is 23.7 Å². The van der Waals surface area contributed by atoms with Crippen LogP contribution in [0.1, 0.15) is 49.1 Å². The number of aliphatic carboxylic acids is 1. The van der Waals surface area contributed by atoms with Crippen molar-refractivity contribution < 1.29 is 28.9 Å². The number of aryl methyl sites for hydroxylation is 1. The lowest BCUT2D eigenvalue weighted by Gasteiger charge is -2.25. The van der Waals surface area contributed by atoms with Gasteiger partial charge in [0.2, 0.25) is 0 Å². The van der Waals surface area contributed by atoms with Crippen molar-refractivity contribution in [3.63, 3.8) is 0 Å². The number of carboxylic acid groups (broad SMARTS) is 1. The van der Waals surface area contributed by atoms with Crippen LogP contribution in [-0.4, -0.2) is 50.3 Å². The maximum Gasteiger partial charge on any atom is 0.341 e. The molecule has 0 bridgehead atoms. The van der Waals surface area contributed by atoms with Crippen molar-refractivity contribution in [2.24, 2.45) is 0 Å². The maximum atomic E-state index is 13.1. The third-order valence-corrected chi connectivity index (χ3v) is 6.07. The average Bonchev–Trinajstić information content (AvgIpc) is 2.85. The first-order chi connectivity index (χ1) is 16.0. The number of ether oxygens (including phenoxy) is 3. The molecule has 0 radical (unpaired) electrons. The van der Waals surface area contributed by atoms with Crippen molar-refractivity contribution >= 4 is 11.8 Å². The summed E-state index contributed by atoms with van der Waals surface area (Å²) in [7, 11) is 3.22. The van der Waals surface area contributed by atoms with Crippen LogP contribution in [0.2, 0.25) is 0 Å². The number of Topliss-reactive ketones (excluding diaryl/α,β-unsaturated/α-hetero) is 1. The van der Waals surface area contributed by atoms with Gasteiger partial charge in [-0.2, -0.15) is 0 Å². The first kappa shape index (κ1) is 24.6. The number of carbonyl (C=O) groups excluding carboxylic acids is 1. The monoisotopic (exact) mass is 455 g/mol. The fourth-order valence-electron chi connectivity index (χ4n) is 4.28. The number of nitrogens with one attached hydrogen (secondary N) is 1. The molecule has 178 valence electrons. The molecule has 0 amide bonds. The third-order valence-electron chi connectivity index (χ3n) is 6.07. The Morgan fingerprint density at radius 1 is 1.09 bits per heavy atom. The van der Waals surface area contributed by atoms with E-state index < -0.39 is 12.6 Å². The molecule has 0 aromatic heterocycles. The number of rotatable bonds is 12. The Kier molecular flexibility index (Phi) is 9.13. The van der Waals surface area contributed by atoms with Crippen molar-refractivity contribution in [3.05, 3.63) is 53.6 Å². The van der Waals surface area contributed by atoms with Crippen LogP contribution < -0.4 is 19.5 Å². The zero-order chi connectivity index (χ0) is 23.6. The molecule has 1 heterocycles. The van der Waals surface area contributed by atoms with Crippen molar-refractivity contribution in [1.82, 2.24) is 5.32 Å². The van der Waals surface area contributed by atoms with Gasteiger partial charge in [-0.05, 0) is 73.5 Å². The molecule has 2 N–H and O–H groups in total. The molecule has 0 spiro atoms. The van der Waals surface area contributed by atoms with Gasteiger partial charge in [-0.3, -0.25) is 4.79 Å². The quantitative estimate of drug-likeness (QED) is 0.500. The first-order valence-electron chi connectivity index (χ1n) is 11.4. The van der Waals surface area contributed by atoms with Gasteiger partial charge >= 0.3 is 5.97 Å². The average molecular weight is 456 g/mol. The van der Waals surface area contributed by atoms with E-state index in [2.05, 4.69) is 5.32 Å². The second-order valence-corrected chi connectivity index (χ2v) is 8.35. The van der Waals surface area contributed by atoms with Crippen LogP contribution in [0.25, 0.3) is 0 Å². The Labute approximate surface area is 195 Å². The van der Waals surface area contributed by atoms with E-state index in [4.69, 9.17) is 19.3 Å². The summed E-state index contributed by atoms with van der Waals surface area (Å²) in [6, 6.07) is 13.2. The second kappa shape index (κ2) is 12.3. The normalized spacial score (nSPS) is 16.6. The van der Waals surface area contributed by atoms with Gasteiger partial charge in [0.1, 0.15) is 11.5 Å². The van der Waals surface area contributed by atoms with E-state index in [1.807, 2.05) is 36.4 Å². The summed E-state index contributed by atoms with van der Waals surface area (Å²) in [6.45, 7) is 0.482. The molecule has 0 saturated carbocycles. The third kappa shape index (κ3) is 7.22. The first-order valence-corrected chi connectivity index (χ1v) is 11.4. The molecular formula is C26H33NO6. The Balaban J connectivity index is 1.77. The van der Waals surface area contributed by atoms with Crippen LogP contribution in [0, 0.1) is 0 Å². The summed E-state index contributed by atoms with van der Waals surface area (Å²) < 4.78 is 16.1. The van der Waals surface area contributed by atoms with Gasteiger partial charge in [-0.25, -0.2) is 4.79 Å². The van der Waals surface area contributed by atoms with Crippen molar-refractivity contribution in [2.75, 3.05) is 27.4 Å². The van der Waals surface area contributed by atoms with Gasteiger partial charge in [0.25, 0.3) is 0 Å². The van der Waals surface area contributed by atoms with Gasteiger partial charge < -0.3 is 24.6 Å². The molecule has 1 aliphatic rings. The van der Waals surface area contributed by atoms with Gasteiger partial charge in [0, 0.05) is 6.42 Å². The topological polar surface area (TPSA) is 94.1 Å². The highest BCUT2D eigenvalue weighted by atomic mass is 16.5. The predicted molar refractivity (Wildman–Crippen MR) is 125 cm³/mol. The number of carboxylic acids is 1. The van der Waals surface area contributed by atoms with E-state index in [1.54, 1.807) is 20.3 Å². The van der Waals surface area contributed by atoms with Gasteiger partial charge in [-0.15, -0.1) is 0 Å². The van der Waals surface area contributed by atoms with Crippen LogP contribution in [0.15, 0.2) is 42.5 Å². The lowest BCUT2D eigenvalue weighted by atomic mass is 9.85. The number of piperidine rings is 1. The lowest BCUT2D eigenvalue weighted by Crippen LogP contribution is -2.40. The molecule has 2 atom stereocenters. The summed E-state index contributed by atoms with van der Waals surface area (Å²) in [5.41, 5.74) is 2.07. The summed E-state index contributed by atoms with van der Waals surface area (Å²) >= 11 is 0. The fraction of sp³-hybridized carbons (Fsp3) is 0.462. The molecular weight excluding hydrogens is 422 g/mol. The van der Waals surface area contributed by atoms with Gasteiger partial charge in [-0.1, -0.05) is 24.6 Å². The van der Waals surface area contributed by atoms with E-state index in [-0.39, 0.29) is 17.7 Å². The molecule has 1 saturated heterocycles. The summed E-state index contributed by atoms with van der Waals surface area (Å²) in [5.74, 6) is 1.04. The predicted octanol–water partition coefficient (Wildman–Crippen LogP) is 3.98. The van der Waals surface area contributed by atoms with Crippen LogP contribution in [0.3, 0.4) is 0 Å². The van der Waals surface area contributed by atoms with Crippen molar-refractivity contribution in [2.45, 2.75) is 50.5 Å². The highest BCUT2D eigenvalue weighted by Crippen LogP contribution is 2.32. The molecule has 33 heavy (non-hydrogen) atoms. The molecule has 0 unspecified atom stereocenters. The number of ketones is 1. The number of hydrogen-bond donors (Lipinski definition) is 2. The standard InChI is InChI=1S/C26H33NO6/c1-31-24-12-10-18(14-25(24)32-2)9-11-20(16-23(28)22-8-3-4-13-27-22)19-6-5-7-21(15-19)33-17-26(29)30/h5-7,10,12,14-15,20,22,27H,3-4,8-9,11,13,16-17H2,1-2H3,(H,29,30)/t20-,22-/m0/s1. The summed E-state index contributed by atoms with van der Waals surface area (Å²) in [6.07, 6.45) is 5.00. The molecule has 2 aromatic rings. The molecule has 7 heteroatoms. The highest BCUT2D eigenvalue weighted by molar-refractivity contribution is 5.84. The van der Waals surface area contributed by atoms with Crippen LogP contribution in [-0.2, 0) is 16.0 Å². The summed E-state index contributed by atoms with van der Waals surface area (Å²) in [5, 5.41) is 12.3. The minimum atomic E-state index is -1.02. The SMILES string of the molecule is COc1ccc(CC[C@@H](CC(=O)[C@@H]2CCCCN2)c2cccc(OCC(=O)O)c2)cc1OC. The molecule has 3 rings (SSSR count). The number of benzene rings is 2. The van der Waals surface area contributed by atoms with Crippen LogP contribution in [0.4, 0.5) is 0 Å². The van der Waals surface area contributed by atoms with E-state index in [9.17, 15) is 9.59 Å². The number of hydrogen-bond acceptors (Lipinski definition) is 6. The lowest BCUT2D eigenvalue weighted by molar-refractivity contribution is -0.139. The highest BCUT2D eigenvalue weighted by Gasteiger charge is 2.25. The van der Waals surface area contributed by atoms with Crippen molar-refractivity contribution in [1.29, 1.82) is 0 Å². The van der Waals surface area contributed by atoms with Crippen LogP contribution >= 0.6 is 0 Å². The Morgan fingerprint density at radius 2 is 1.91 bits per heavy atom. The second-order valence-electron chi connectivity index (χ2n) is 8.35. The summed E-state index contributed by atoms with van der Waals surface area (Å²) in [4.78, 5) is 23.9. The molecule has 1 fully saturated rings. The zero-order valence-electron chi connectivity index (χ0n) is 19.3. The van der Waals surface area contributed by atoms with E-state index in [1.165, 1.54) is 0 Å². The largest absolute Gasteiger partial charge is 0.493 e. The molecule has 0 aliphatic carbocycles. The minimum absolute atomic E-state index is 0.0114. The molecule has 1 aliphatic heterocycles. The Bertz CT molecular complexity index is 938. The van der Waals surface area contributed by atoms with Crippen LogP contribution in [0.5, 0.6) is 17.2 Å². The van der Waals surface area contributed by atoms with Gasteiger partial charge in [0.05, 0.1) is 20.3 Å². The smallest absolute Gasteiger partial charge is 0.341 e.